The fourth-order valence-electron chi connectivity index (χ4n) is 4.26. The number of nitrogens with zero attached hydrogens (tertiary/aromatic N) is 2. The quantitative estimate of drug-likeness (QED) is 0.400. The minimum atomic E-state index is -0.953. The first-order chi connectivity index (χ1) is 16.2. The first kappa shape index (κ1) is 23.7. The van der Waals surface area contributed by atoms with Gasteiger partial charge in [-0.3, -0.25) is 0 Å². The molecule has 0 saturated carbocycles. The van der Waals surface area contributed by atoms with Crippen LogP contribution >= 0.6 is 11.3 Å². The second-order valence-corrected chi connectivity index (χ2v) is 10.8. The number of carboxylic acid groups (broad SMARTS) is 1. The number of hydrogen-bond donors (Lipinski definition) is 1. The number of aliphatic imine (C=N–C) groups is 1. The van der Waals surface area contributed by atoms with Crippen molar-refractivity contribution in [1.29, 1.82) is 5.26 Å². The lowest BCUT2D eigenvalue weighted by Crippen LogP contribution is -2.26. The van der Waals surface area contributed by atoms with Crippen molar-refractivity contribution in [2.45, 2.75) is 46.6 Å². The van der Waals surface area contributed by atoms with E-state index < -0.39 is 5.97 Å². The van der Waals surface area contributed by atoms with Crippen LogP contribution in [0, 0.1) is 22.7 Å². The van der Waals surface area contributed by atoms with E-state index in [1.165, 1.54) is 10.4 Å². The lowest BCUT2D eigenvalue weighted by atomic mass is 9.72. The maximum atomic E-state index is 11.1. The molecule has 0 unspecified atom stereocenters. The Hall–Kier alpha value is -3.43. The van der Waals surface area contributed by atoms with E-state index in [0.717, 1.165) is 41.0 Å². The molecule has 5 nitrogen and oxygen atoms in total. The van der Waals surface area contributed by atoms with Gasteiger partial charge >= 0.3 is 5.97 Å². The molecule has 174 valence electrons. The summed E-state index contributed by atoms with van der Waals surface area (Å²) in [7, 11) is 0. The molecular formula is C28H28N2O3S. The minimum absolute atomic E-state index is 0.244. The summed E-state index contributed by atoms with van der Waals surface area (Å²) in [5.41, 5.74) is 4.14. The number of aromatic carboxylic acids is 1. The van der Waals surface area contributed by atoms with E-state index in [-0.39, 0.29) is 17.6 Å². The molecule has 1 aliphatic rings. The molecule has 0 aliphatic heterocycles. The van der Waals surface area contributed by atoms with Gasteiger partial charge in [0.25, 0.3) is 0 Å². The summed E-state index contributed by atoms with van der Waals surface area (Å²) in [6.07, 6.45) is 4.88. The van der Waals surface area contributed by atoms with Crippen molar-refractivity contribution in [3.63, 3.8) is 0 Å². The van der Waals surface area contributed by atoms with Crippen molar-refractivity contribution >= 4 is 28.5 Å². The van der Waals surface area contributed by atoms with E-state index >= 15 is 0 Å². The van der Waals surface area contributed by atoms with E-state index in [1.807, 2.05) is 30.3 Å². The Morgan fingerprint density at radius 3 is 2.71 bits per heavy atom. The zero-order valence-electron chi connectivity index (χ0n) is 19.7. The summed E-state index contributed by atoms with van der Waals surface area (Å²) in [6, 6.07) is 16.7. The molecule has 3 aromatic rings. The molecule has 2 aromatic carbocycles. The van der Waals surface area contributed by atoms with Crippen LogP contribution in [0.2, 0.25) is 0 Å². The van der Waals surface area contributed by atoms with Crippen LogP contribution in [0.3, 0.4) is 0 Å². The molecule has 34 heavy (non-hydrogen) atoms. The topological polar surface area (TPSA) is 82.7 Å². The predicted octanol–water partition coefficient (Wildman–Crippen LogP) is 6.80. The van der Waals surface area contributed by atoms with Gasteiger partial charge in [-0.05, 0) is 83.7 Å². The third-order valence-electron chi connectivity index (χ3n) is 6.37. The second-order valence-electron chi connectivity index (χ2n) is 9.72. The molecule has 0 saturated heterocycles. The predicted molar refractivity (Wildman–Crippen MR) is 135 cm³/mol. The van der Waals surface area contributed by atoms with Crippen molar-refractivity contribution in [1.82, 2.24) is 0 Å². The smallest absolute Gasteiger partial charge is 0.335 e. The summed E-state index contributed by atoms with van der Waals surface area (Å²) in [5, 5.41) is 19.7. The monoisotopic (exact) mass is 472 g/mol. The third kappa shape index (κ3) is 5.37. The van der Waals surface area contributed by atoms with E-state index in [0.29, 0.717) is 11.7 Å². The first-order valence-electron chi connectivity index (χ1n) is 11.4. The Morgan fingerprint density at radius 1 is 1.26 bits per heavy atom. The number of carboxylic acids is 1. The lowest BCUT2D eigenvalue weighted by molar-refractivity contribution is 0.0696. The maximum Gasteiger partial charge on any atom is 0.335 e. The Labute approximate surface area is 204 Å². The van der Waals surface area contributed by atoms with Crippen LogP contribution < -0.4 is 4.74 Å². The molecule has 0 amide bonds. The maximum absolute atomic E-state index is 11.1. The van der Waals surface area contributed by atoms with Gasteiger partial charge < -0.3 is 9.84 Å². The van der Waals surface area contributed by atoms with Gasteiger partial charge in [-0.25, -0.2) is 9.79 Å². The summed E-state index contributed by atoms with van der Waals surface area (Å²) in [6.45, 7) is 7.17. The van der Waals surface area contributed by atoms with Gasteiger partial charge in [-0.2, -0.15) is 5.26 Å². The van der Waals surface area contributed by atoms with Crippen LogP contribution in [0.15, 0.2) is 53.5 Å². The normalized spacial score (nSPS) is 15.6. The lowest BCUT2D eigenvalue weighted by Gasteiger charge is -2.33. The second kappa shape index (κ2) is 9.82. The van der Waals surface area contributed by atoms with Crippen molar-refractivity contribution in [3.8, 4) is 11.8 Å². The van der Waals surface area contributed by atoms with Crippen LogP contribution in [0.5, 0.6) is 5.75 Å². The molecule has 0 bridgehead atoms. The van der Waals surface area contributed by atoms with Gasteiger partial charge in [0.05, 0.1) is 11.1 Å². The highest BCUT2D eigenvalue weighted by atomic mass is 32.1. The summed E-state index contributed by atoms with van der Waals surface area (Å²) >= 11 is 1.65. The fourth-order valence-corrected chi connectivity index (χ4v) is 5.48. The molecule has 6 heteroatoms. The van der Waals surface area contributed by atoms with Gasteiger partial charge in [0.2, 0.25) is 0 Å². The first-order valence-corrected chi connectivity index (χ1v) is 12.2. The van der Waals surface area contributed by atoms with Crippen LogP contribution in [-0.2, 0) is 19.4 Å². The van der Waals surface area contributed by atoms with Crippen molar-refractivity contribution in [3.05, 3.63) is 81.2 Å². The molecule has 4 rings (SSSR count). The number of hydrogen-bond acceptors (Lipinski definition) is 5. The van der Waals surface area contributed by atoms with Gasteiger partial charge in [0, 0.05) is 11.1 Å². The fraction of sp³-hybridized carbons (Fsp3) is 0.321. The van der Waals surface area contributed by atoms with Gasteiger partial charge in [-0.1, -0.05) is 32.9 Å². The highest BCUT2D eigenvalue weighted by Crippen LogP contribution is 2.44. The minimum Gasteiger partial charge on any atom is -0.489 e. The van der Waals surface area contributed by atoms with Gasteiger partial charge in [0.15, 0.2) is 0 Å². The standard InChI is InChI=1S/C28H28N2O3S/c1-28(2,3)21-9-12-23-24(15-29)26(34-25(23)14-21)30-16-18-7-10-22(11-8-18)33-17-19-5-4-6-20(13-19)27(31)32/h4-8,10-11,13,16,21H,9,12,14,17H2,1-3H3,(H,31,32)/t21-/m1/s1. The van der Waals surface area contributed by atoms with Gasteiger partial charge in [-0.15, -0.1) is 11.3 Å². The summed E-state index contributed by atoms with van der Waals surface area (Å²) < 4.78 is 5.80. The van der Waals surface area contributed by atoms with Crippen molar-refractivity contribution in [2.24, 2.45) is 16.3 Å². The van der Waals surface area contributed by atoms with Crippen LogP contribution in [-0.4, -0.2) is 17.3 Å². The average Bonchev–Trinajstić information content (AvgIpc) is 3.18. The SMILES string of the molecule is CC(C)(C)[C@@H]1CCc2c(sc(N=Cc3ccc(OCc4cccc(C(=O)O)c4)cc3)c2C#N)C1. The number of nitriles is 1. The molecule has 1 aromatic heterocycles. The summed E-state index contributed by atoms with van der Waals surface area (Å²) in [5.74, 6) is 0.363. The highest BCUT2D eigenvalue weighted by molar-refractivity contribution is 7.16. The van der Waals surface area contributed by atoms with Crippen molar-refractivity contribution < 1.29 is 14.6 Å². The summed E-state index contributed by atoms with van der Waals surface area (Å²) in [4.78, 5) is 17.1. The zero-order valence-corrected chi connectivity index (χ0v) is 20.5. The number of rotatable bonds is 6. The molecule has 0 fully saturated rings. The van der Waals surface area contributed by atoms with Crippen LogP contribution in [0.4, 0.5) is 5.00 Å². The molecule has 1 atom stereocenters. The largest absolute Gasteiger partial charge is 0.489 e. The van der Waals surface area contributed by atoms with E-state index in [1.54, 1.807) is 35.8 Å². The third-order valence-corrected chi connectivity index (χ3v) is 7.54. The Kier molecular flexibility index (Phi) is 6.85. The molecular weight excluding hydrogens is 444 g/mol. The van der Waals surface area contributed by atoms with E-state index in [4.69, 9.17) is 9.84 Å². The average molecular weight is 473 g/mol. The molecule has 0 radical (unpaired) electrons. The Balaban J connectivity index is 1.43. The number of carbonyl (C=O) groups is 1. The van der Waals surface area contributed by atoms with E-state index in [9.17, 15) is 10.1 Å². The zero-order chi connectivity index (χ0) is 24.3. The molecule has 0 spiro atoms. The number of thiophene rings is 1. The van der Waals surface area contributed by atoms with Gasteiger partial charge in [0.1, 0.15) is 23.4 Å². The molecule has 1 heterocycles. The highest BCUT2D eigenvalue weighted by Gasteiger charge is 2.32. The number of ether oxygens (including phenoxy) is 1. The van der Waals surface area contributed by atoms with E-state index in [2.05, 4.69) is 31.8 Å². The Bertz CT molecular complexity index is 1260. The Morgan fingerprint density at radius 2 is 2.03 bits per heavy atom. The van der Waals surface area contributed by atoms with Crippen molar-refractivity contribution in [2.75, 3.05) is 0 Å². The van der Waals surface area contributed by atoms with Crippen LogP contribution in [0.1, 0.15) is 64.7 Å². The molecule has 1 N–H and O–H groups in total. The van der Waals surface area contributed by atoms with Crippen LogP contribution in [0.25, 0.3) is 0 Å². The number of fused-ring (bicyclic) bond motifs is 1. The molecule has 1 aliphatic carbocycles. The number of benzene rings is 2.